The third-order valence-electron chi connectivity index (χ3n) is 8.27. The lowest BCUT2D eigenvalue weighted by Gasteiger charge is -2.34. The Labute approximate surface area is 285 Å². The first-order valence-electron chi connectivity index (χ1n) is 15.8. The van der Waals surface area contributed by atoms with Gasteiger partial charge < -0.3 is 15.0 Å². The molecule has 0 aliphatic heterocycles. The smallest absolute Gasteiger partial charge is 0.244 e. The molecule has 1 saturated carbocycles. The number of sulfonamides is 1. The SMILES string of the molecule is CS(=O)(=O)N(CC(=O)N(Cc1cccc(Br)c1)[C@H](Cc1ccccc1)C(=O)NC1CCCC1)c1ccc(OCc2ccccc2)cc1. The van der Waals surface area contributed by atoms with Gasteiger partial charge in [0.2, 0.25) is 21.8 Å². The minimum absolute atomic E-state index is 0.0544. The minimum Gasteiger partial charge on any atom is -0.489 e. The lowest BCUT2D eigenvalue weighted by molar-refractivity contribution is -0.140. The summed E-state index contributed by atoms with van der Waals surface area (Å²) < 4.78 is 34.1. The second-order valence-electron chi connectivity index (χ2n) is 11.9. The molecule has 0 saturated heterocycles. The Morgan fingerprint density at radius 1 is 0.851 bits per heavy atom. The molecule has 1 aliphatic rings. The number of ether oxygens (including phenoxy) is 1. The van der Waals surface area contributed by atoms with Gasteiger partial charge in [-0.25, -0.2) is 8.42 Å². The predicted octanol–water partition coefficient (Wildman–Crippen LogP) is 6.49. The van der Waals surface area contributed by atoms with E-state index in [1.807, 2.05) is 84.9 Å². The molecule has 4 aromatic rings. The van der Waals surface area contributed by atoms with E-state index >= 15 is 0 Å². The van der Waals surface area contributed by atoms with Crippen LogP contribution in [0.5, 0.6) is 5.75 Å². The molecule has 246 valence electrons. The summed E-state index contributed by atoms with van der Waals surface area (Å²) in [5, 5.41) is 3.19. The number of anilines is 1. The second-order valence-corrected chi connectivity index (χ2v) is 14.7. The highest BCUT2D eigenvalue weighted by atomic mass is 79.9. The highest BCUT2D eigenvalue weighted by molar-refractivity contribution is 9.10. The molecule has 8 nitrogen and oxygen atoms in total. The molecule has 0 unspecified atom stereocenters. The van der Waals surface area contributed by atoms with E-state index in [0.717, 1.165) is 57.4 Å². The molecule has 2 amide bonds. The van der Waals surface area contributed by atoms with E-state index in [9.17, 15) is 18.0 Å². The Hall–Kier alpha value is -4.15. The largest absolute Gasteiger partial charge is 0.489 e. The van der Waals surface area contributed by atoms with Gasteiger partial charge in [-0.05, 0) is 65.9 Å². The molecule has 0 heterocycles. The average molecular weight is 719 g/mol. The van der Waals surface area contributed by atoms with E-state index in [1.54, 1.807) is 24.3 Å². The highest BCUT2D eigenvalue weighted by Crippen LogP contribution is 2.25. The van der Waals surface area contributed by atoms with E-state index in [4.69, 9.17) is 4.74 Å². The van der Waals surface area contributed by atoms with Gasteiger partial charge in [-0.2, -0.15) is 0 Å². The number of nitrogens with zero attached hydrogens (tertiary/aromatic N) is 2. The molecule has 5 rings (SSSR count). The normalized spacial score (nSPS) is 13.9. The van der Waals surface area contributed by atoms with E-state index in [0.29, 0.717) is 18.0 Å². The molecule has 0 spiro atoms. The monoisotopic (exact) mass is 717 g/mol. The molecule has 1 fully saturated rings. The van der Waals surface area contributed by atoms with Gasteiger partial charge in [0.1, 0.15) is 24.9 Å². The van der Waals surface area contributed by atoms with E-state index < -0.39 is 28.5 Å². The fraction of sp³-hybridized carbons (Fsp3) is 0.297. The molecule has 4 aromatic carbocycles. The quantitative estimate of drug-likeness (QED) is 0.161. The highest BCUT2D eigenvalue weighted by Gasteiger charge is 2.34. The van der Waals surface area contributed by atoms with Gasteiger partial charge in [0.05, 0.1) is 11.9 Å². The van der Waals surface area contributed by atoms with Crippen LogP contribution in [-0.2, 0) is 39.2 Å². The zero-order valence-corrected chi connectivity index (χ0v) is 28.8. The molecule has 10 heteroatoms. The summed E-state index contributed by atoms with van der Waals surface area (Å²) in [7, 11) is -3.88. The van der Waals surface area contributed by atoms with E-state index in [-0.39, 0.29) is 24.9 Å². The number of carbonyl (C=O) groups is 2. The third-order valence-corrected chi connectivity index (χ3v) is 9.90. The first kappa shape index (κ1) is 34.2. The Morgan fingerprint density at radius 3 is 2.09 bits per heavy atom. The second kappa shape index (κ2) is 16.1. The summed E-state index contributed by atoms with van der Waals surface area (Å²) in [5.41, 5.74) is 3.04. The van der Waals surface area contributed by atoms with Crippen molar-refractivity contribution in [1.29, 1.82) is 0 Å². The van der Waals surface area contributed by atoms with Crippen LogP contribution in [0, 0.1) is 0 Å². The van der Waals surface area contributed by atoms with E-state index in [2.05, 4.69) is 21.2 Å². The summed E-state index contributed by atoms with van der Waals surface area (Å²) in [5.74, 6) is -0.155. The minimum atomic E-state index is -3.88. The Kier molecular flexibility index (Phi) is 11.7. The van der Waals surface area contributed by atoms with Crippen molar-refractivity contribution in [2.24, 2.45) is 0 Å². The topological polar surface area (TPSA) is 96.0 Å². The first-order chi connectivity index (χ1) is 22.7. The van der Waals surface area contributed by atoms with Crippen molar-refractivity contribution in [3.8, 4) is 5.75 Å². The van der Waals surface area contributed by atoms with Crippen molar-refractivity contribution in [3.05, 3.63) is 130 Å². The standard InChI is InChI=1S/C37H40BrN3O5S/c1-47(44,45)41(33-19-21-34(22-20-33)46-27-29-13-6-3-7-14-29)26-36(42)40(25-30-15-10-16-31(38)23-30)35(24-28-11-4-2-5-12-28)37(43)39-32-17-8-9-18-32/h2-7,10-16,19-23,32,35H,8-9,17-18,24-27H2,1H3,(H,39,43)/t35-/m1/s1. The van der Waals surface area contributed by atoms with Crippen LogP contribution in [0.4, 0.5) is 5.69 Å². The van der Waals surface area contributed by atoms with Crippen LogP contribution in [0.3, 0.4) is 0 Å². The maximum Gasteiger partial charge on any atom is 0.244 e. The molecule has 0 aromatic heterocycles. The van der Waals surface area contributed by atoms with Gasteiger partial charge in [-0.15, -0.1) is 0 Å². The molecule has 1 aliphatic carbocycles. The summed E-state index contributed by atoms with van der Waals surface area (Å²) in [6.07, 6.45) is 5.26. The van der Waals surface area contributed by atoms with Crippen LogP contribution < -0.4 is 14.4 Å². The Morgan fingerprint density at radius 2 is 1.47 bits per heavy atom. The fourth-order valence-corrected chi connectivity index (χ4v) is 7.11. The first-order valence-corrected chi connectivity index (χ1v) is 18.4. The number of halogens is 1. The van der Waals surface area contributed by atoms with Crippen molar-refractivity contribution in [3.63, 3.8) is 0 Å². The Bertz CT molecular complexity index is 1730. The van der Waals surface area contributed by atoms with Crippen LogP contribution in [0.25, 0.3) is 0 Å². The van der Waals surface area contributed by atoms with Crippen molar-refractivity contribution >= 4 is 43.5 Å². The molecular formula is C37H40BrN3O5S. The van der Waals surface area contributed by atoms with Gasteiger partial charge in [0.15, 0.2) is 0 Å². The lowest BCUT2D eigenvalue weighted by atomic mass is 10.0. The summed E-state index contributed by atoms with van der Waals surface area (Å²) in [4.78, 5) is 29.9. The number of rotatable bonds is 14. The Balaban J connectivity index is 1.43. The van der Waals surface area contributed by atoms with Crippen molar-refractivity contribution < 1.29 is 22.7 Å². The van der Waals surface area contributed by atoms with Crippen molar-refractivity contribution in [2.75, 3.05) is 17.1 Å². The number of hydrogen-bond donors (Lipinski definition) is 1. The number of benzene rings is 4. The van der Waals surface area contributed by atoms with Crippen LogP contribution >= 0.6 is 15.9 Å². The maximum atomic E-state index is 14.4. The average Bonchev–Trinajstić information content (AvgIpc) is 3.58. The van der Waals surface area contributed by atoms with Gasteiger partial charge in [0, 0.05) is 23.5 Å². The van der Waals surface area contributed by atoms with Gasteiger partial charge in [-0.1, -0.05) is 102 Å². The molecule has 0 bridgehead atoms. The number of carbonyl (C=O) groups excluding carboxylic acids is 2. The van der Waals surface area contributed by atoms with Crippen LogP contribution in [0.1, 0.15) is 42.4 Å². The predicted molar refractivity (Wildman–Crippen MR) is 188 cm³/mol. The van der Waals surface area contributed by atoms with Crippen molar-refractivity contribution in [1.82, 2.24) is 10.2 Å². The zero-order valence-electron chi connectivity index (χ0n) is 26.4. The summed E-state index contributed by atoms with van der Waals surface area (Å²) in [6, 6.07) is 32.7. The summed E-state index contributed by atoms with van der Waals surface area (Å²) in [6.45, 7) is 0.0154. The zero-order chi connectivity index (χ0) is 33.2. The van der Waals surface area contributed by atoms with E-state index in [1.165, 1.54) is 4.90 Å². The fourth-order valence-electron chi connectivity index (χ4n) is 5.82. The maximum absolute atomic E-state index is 14.4. The number of nitrogens with one attached hydrogen (secondary N) is 1. The van der Waals surface area contributed by atoms with Crippen LogP contribution in [-0.4, -0.2) is 50.0 Å². The van der Waals surface area contributed by atoms with Gasteiger partial charge in [-0.3, -0.25) is 13.9 Å². The third kappa shape index (κ3) is 9.92. The summed E-state index contributed by atoms with van der Waals surface area (Å²) >= 11 is 3.51. The van der Waals surface area contributed by atoms with Gasteiger partial charge in [0.25, 0.3) is 0 Å². The molecular weight excluding hydrogens is 678 g/mol. The molecule has 0 radical (unpaired) electrons. The van der Waals surface area contributed by atoms with Crippen molar-refractivity contribution in [2.45, 2.75) is 57.3 Å². The number of amides is 2. The van der Waals surface area contributed by atoms with Crippen LogP contribution in [0.15, 0.2) is 114 Å². The molecule has 1 N–H and O–H groups in total. The lowest BCUT2D eigenvalue weighted by Crippen LogP contribution is -2.54. The number of hydrogen-bond acceptors (Lipinski definition) is 5. The molecule has 1 atom stereocenters. The molecule has 47 heavy (non-hydrogen) atoms. The van der Waals surface area contributed by atoms with Crippen LogP contribution in [0.2, 0.25) is 0 Å². The van der Waals surface area contributed by atoms with Gasteiger partial charge >= 0.3 is 0 Å².